The predicted octanol–water partition coefficient (Wildman–Crippen LogP) is 1.22. The van der Waals surface area contributed by atoms with Gasteiger partial charge in [-0.05, 0) is 12.8 Å². The summed E-state index contributed by atoms with van der Waals surface area (Å²) in [4.78, 5) is 21.1. The Hall–Kier alpha value is -2.02. The summed E-state index contributed by atoms with van der Waals surface area (Å²) < 4.78 is 18.4. The fraction of sp³-hybridized carbons (Fsp3) is 0.682. The highest BCUT2D eigenvalue weighted by Gasteiger charge is 2.36. The average Bonchev–Trinajstić information content (AvgIpc) is 3.41. The van der Waals surface area contributed by atoms with Gasteiger partial charge in [-0.1, -0.05) is 12.8 Å². The molecule has 1 aliphatic heterocycles. The molecule has 11 nitrogen and oxygen atoms in total. The van der Waals surface area contributed by atoms with E-state index in [4.69, 9.17) is 31.5 Å². The van der Waals surface area contributed by atoms with Gasteiger partial charge in [-0.15, -0.1) is 11.6 Å². The number of anilines is 1. The van der Waals surface area contributed by atoms with Gasteiger partial charge >= 0.3 is 0 Å². The van der Waals surface area contributed by atoms with Crippen molar-refractivity contribution in [2.45, 2.75) is 50.5 Å². The van der Waals surface area contributed by atoms with Crippen LogP contribution < -0.4 is 11.1 Å². The Morgan fingerprint density at radius 1 is 1.21 bits per heavy atom. The molecule has 1 amide bonds. The number of nitrogens with zero attached hydrogens (tertiary/aromatic N) is 3. The number of rotatable bonds is 15. The number of aliphatic hydroxyl groups excluding tert-OH is 2. The fourth-order valence-corrected chi connectivity index (χ4v) is 4.05. The molecule has 0 spiro atoms. The van der Waals surface area contributed by atoms with E-state index >= 15 is 0 Å². The zero-order valence-corrected chi connectivity index (χ0v) is 20.0. The fourth-order valence-electron chi connectivity index (χ4n) is 3.86. The van der Waals surface area contributed by atoms with Gasteiger partial charge in [0.25, 0.3) is 5.91 Å². The van der Waals surface area contributed by atoms with Crippen LogP contribution in [0.5, 0.6) is 0 Å². The molecule has 2 aromatic heterocycles. The summed E-state index contributed by atoms with van der Waals surface area (Å²) in [6, 6.07) is 0. The highest BCUT2D eigenvalue weighted by atomic mass is 35.5. The van der Waals surface area contributed by atoms with Crippen LogP contribution in [0.2, 0.25) is 0 Å². The quantitative estimate of drug-likeness (QED) is 0.209. The smallest absolute Gasteiger partial charge is 0.253 e. The van der Waals surface area contributed by atoms with E-state index in [0.29, 0.717) is 55.4 Å². The van der Waals surface area contributed by atoms with Crippen molar-refractivity contribution in [1.29, 1.82) is 0 Å². The molecule has 3 heterocycles. The summed E-state index contributed by atoms with van der Waals surface area (Å²) >= 11 is 5.65. The standard InChI is InChI=1S/C22H34ClN5O6/c23-5-3-1-2-4-7-32-9-10-33-8-6-25-22(31)15-12-28(18-11-16(30)17(13-29)34-18)21-19(15)20(24)26-14-27-21/h12,14,16-18,29-30H,1-11,13H2,(H,25,31)(H2,24,26,27)/t16?,17-,18?/m1/s1. The van der Waals surface area contributed by atoms with Crippen LogP contribution in [0.25, 0.3) is 11.0 Å². The van der Waals surface area contributed by atoms with Crippen LogP contribution in [0.1, 0.15) is 48.7 Å². The van der Waals surface area contributed by atoms with Crippen LogP contribution in [0.15, 0.2) is 12.5 Å². The van der Waals surface area contributed by atoms with Crippen LogP contribution >= 0.6 is 11.6 Å². The minimum Gasteiger partial charge on any atom is -0.394 e. The summed E-state index contributed by atoms with van der Waals surface area (Å²) in [5.74, 6) is 0.528. The van der Waals surface area contributed by atoms with Gasteiger partial charge < -0.3 is 40.0 Å². The number of nitrogens with one attached hydrogen (secondary N) is 1. The first-order valence-electron chi connectivity index (χ1n) is 11.6. The summed E-state index contributed by atoms with van der Waals surface area (Å²) in [5.41, 5.74) is 6.76. The lowest BCUT2D eigenvalue weighted by atomic mass is 10.2. The molecular formula is C22H34ClN5O6. The number of hydrogen-bond acceptors (Lipinski definition) is 9. The predicted molar refractivity (Wildman–Crippen MR) is 127 cm³/mol. The minimum absolute atomic E-state index is 0.169. The molecule has 0 radical (unpaired) electrons. The number of fused-ring (bicyclic) bond motifs is 1. The number of nitrogen functional groups attached to an aromatic ring is 1. The number of aromatic nitrogens is 3. The number of halogens is 1. The van der Waals surface area contributed by atoms with Gasteiger partial charge in [-0.3, -0.25) is 4.79 Å². The van der Waals surface area contributed by atoms with Gasteiger partial charge in [-0.2, -0.15) is 0 Å². The summed E-state index contributed by atoms with van der Waals surface area (Å²) in [5, 5.41) is 22.7. The summed E-state index contributed by atoms with van der Waals surface area (Å²) in [6.07, 6.45) is 5.33. The molecular weight excluding hydrogens is 466 g/mol. The summed E-state index contributed by atoms with van der Waals surface area (Å²) in [7, 11) is 0. The lowest BCUT2D eigenvalue weighted by Crippen LogP contribution is -2.27. The Morgan fingerprint density at radius 3 is 2.71 bits per heavy atom. The molecule has 1 saturated heterocycles. The Bertz CT molecular complexity index is 913. The average molecular weight is 500 g/mol. The molecule has 5 N–H and O–H groups in total. The van der Waals surface area contributed by atoms with Gasteiger partial charge in [-0.25, -0.2) is 9.97 Å². The molecule has 0 saturated carbocycles. The van der Waals surface area contributed by atoms with E-state index < -0.39 is 18.4 Å². The number of aliphatic hydroxyl groups is 2. The second-order valence-corrected chi connectivity index (χ2v) is 8.48. The van der Waals surface area contributed by atoms with Crippen LogP contribution in [0.3, 0.4) is 0 Å². The number of carbonyl (C=O) groups is 1. The monoisotopic (exact) mass is 499 g/mol. The van der Waals surface area contributed by atoms with E-state index in [2.05, 4.69) is 15.3 Å². The number of carbonyl (C=O) groups excluding carboxylic acids is 1. The van der Waals surface area contributed by atoms with E-state index in [1.54, 1.807) is 10.8 Å². The van der Waals surface area contributed by atoms with E-state index in [-0.39, 0.29) is 24.8 Å². The lowest BCUT2D eigenvalue weighted by Gasteiger charge is -2.14. The van der Waals surface area contributed by atoms with Crippen molar-refractivity contribution < 1.29 is 29.2 Å². The van der Waals surface area contributed by atoms with Crippen molar-refractivity contribution in [2.24, 2.45) is 0 Å². The van der Waals surface area contributed by atoms with E-state index in [1.165, 1.54) is 6.33 Å². The first kappa shape index (κ1) is 26.6. The third-order valence-corrected chi connectivity index (χ3v) is 5.92. The molecule has 0 aliphatic carbocycles. The number of ether oxygens (including phenoxy) is 3. The third kappa shape index (κ3) is 7.00. The molecule has 2 unspecified atom stereocenters. The Labute approximate surface area is 203 Å². The van der Waals surface area contributed by atoms with Gasteiger partial charge in [0.05, 0.1) is 43.5 Å². The molecule has 1 fully saturated rings. The molecule has 0 aromatic carbocycles. The maximum Gasteiger partial charge on any atom is 0.253 e. The second-order valence-electron chi connectivity index (χ2n) is 8.11. The number of hydrogen-bond donors (Lipinski definition) is 4. The van der Waals surface area contributed by atoms with E-state index in [0.717, 1.165) is 25.7 Å². The number of alkyl halides is 1. The highest BCUT2D eigenvalue weighted by Crippen LogP contribution is 2.34. The number of nitrogens with two attached hydrogens (primary N) is 1. The second kappa shape index (κ2) is 13.8. The van der Waals surface area contributed by atoms with Crippen LogP contribution in [0, 0.1) is 0 Å². The minimum atomic E-state index is -0.819. The largest absolute Gasteiger partial charge is 0.394 e. The zero-order chi connectivity index (χ0) is 24.3. The Balaban J connectivity index is 1.46. The molecule has 190 valence electrons. The zero-order valence-electron chi connectivity index (χ0n) is 19.2. The maximum absolute atomic E-state index is 12.9. The first-order chi connectivity index (χ1) is 16.6. The van der Waals surface area contributed by atoms with Crippen molar-refractivity contribution >= 4 is 34.4 Å². The maximum atomic E-state index is 12.9. The normalized spacial score (nSPS) is 20.3. The summed E-state index contributed by atoms with van der Waals surface area (Å²) in [6.45, 7) is 2.00. The lowest BCUT2D eigenvalue weighted by molar-refractivity contribution is -0.0430. The van der Waals surface area contributed by atoms with E-state index in [1.807, 2.05) is 0 Å². The molecule has 0 bridgehead atoms. The van der Waals surface area contributed by atoms with Gasteiger partial charge in [0.2, 0.25) is 0 Å². The van der Waals surface area contributed by atoms with Crippen LogP contribution in [0.4, 0.5) is 5.82 Å². The van der Waals surface area contributed by atoms with Crippen molar-refractivity contribution in [3.05, 3.63) is 18.1 Å². The van der Waals surface area contributed by atoms with Crippen molar-refractivity contribution in [3.8, 4) is 0 Å². The van der Waals surface area contributed by atoms with Crippen LogP contribution in [-0.2, 0) is 14.2 Å². The number of unbranched alkanes of at least 4 members (excludes halogenated alkanes) is 3. The van der Waals surface area contributed by atoms with Gasteiger partial charge in [0, 0.05) is 31.6 Å². The Kier molecular flexibility index (Phi) is 10.8. The van der Waals surface area contributed by atoms with Crippen molar-refractivity contribution in [3.63, 3.8) is 0 Å². The van der Waals surface area contributed by atoms with Crippen LogP contribution in [-0.4, -0.2) is 88.3 Å². The highest BCUT2D eigenvalue weighted by molar-refractivity contribution is 6.17. The SMILES string of the molecule is Nc1ncnc2c1c(C(=O)NCCOCCOCCCCCCCl)cn2C1CC(O)[C@@H](CO)O1. The van der Waals surface area contributed by atoms with Crippen molar-refractivity contribution in [2.75, 3.05) is 51.2 Å². The Morgan fingerprint density at radius 2 is 1.97 bits per heavy atom. The number of amides is 1. The topological polar surface area (TPSA) is 154 Å². The molecule has 2 aromatic rings. The molecule has 3 atom stereocenters. The molecule has 3 rings (SSSR count). The molecule has 12 heteroatoms. The molecule has 34 heavy (non-hydrogen) atoms. The van der Waals surface area contributed by atoms with Gasteiger partial charge in [0.15, 0.2) is 0 Å². The van der Waals surface area contributed by atoms with Gasteiger partial charge in [0.1, 0.15) is 30.1 Å². The third-order valence-electron chi connectivity index (χ3n) is 5.65. The van der Waals surface area contributed by atoms with Crippen molar-refractivity contribution in [1.82, 2.24) is 19.9 Å². The molecule has 1 aliphatic rings. The van der Waals surface area contributed by atoms with E-state index in [9.17, 15) is 15.0 Å². The first-order valence-corrected chi connectivity index (χ1v) is 12.1.